The van der Waals surface area contributed by atoms with Gasteiger partial charge in [-0.3, -0.25) is 0 Å². The zero-order chi connectivity index (χ0) is 25.5. The van der Waals surface area contributed by atoms with Gasteiger partial charge >= 0.3 is 0 Å². The monoisotopic (exact) mass is 522 g/mol. The Labute approximate surface area is 199 Å². The van der Waals surface area contributed by atoms with Crippen molar-refractivity contribution < 1.29 is 21.9 Å². The van der Waals surface area contributed by atoms with E-state index in [2.05, 4.69) is 30.3 Å². The number of imidazole rings is 1. The molecular formula is C18H22N10O5S2. The van der Waals surface area contributed by atoms with Crippen molar-refractivity contribution >= 4 is 37.0 Å². The number of hydrogen-bond acceptors (Lipinski definition) is 11. The van der Waals surface area contributed by atoms with Gasteiger partial charge in [-0.25, -0.2) is 31.7 Å². The first-order chi connectivity index (χ1) is 16.5. The van der Waals surface area contributed by atoms with Crippen LogP contribution in [0.4, 0.5) is 5.95 Å². The number of aryl methyl sites for hydroxylation is 1. The number of para-hydroxylation sites is 1. The minimum atomic E-state index is -4.68. The van der Waals surface area contributed by atoms with Crippen molar-refractivity contribution in [2.24, 2.45) is 17.9 Å². The molecule has 4 aromatic rings. The standard InChI is InChI=1S/C18H22N10O5S2/c1-28-12-4-2-3-11(15(12)23-18(28)20)10-5-6-13(35(32,33)22-8-9(29)7-19)16(34(21,30)31)14(10)17-24-26-27-25-17/h2-6,9,22,29H,7-8,19H2,1H3,(H2,20,23)(H2,21,30,31)(H,24,25,26,27). The second-order valence-electron chi connectivity index (χ2n) is 7.54. The summed E-state index contributed by atoms with van der Waals surface area (Å²) < 4.78 is 55.5. The van der Waals surface area contributed by atoms with E-state index in [0.717, 1.165) is 6.07 Å². The lowest BCUT2D eigenvalue weighted by molar-refractivity contribution is 0.186. The van der Waals surface area contributed by atoms with E-state index in [1.165, 1.54) is 6.07 Å². The summed E-state index contributed by atoms with van der Waals surface area (Å²) in [4.78, 5) is 2.93. The summed E-state index contributed by atoms with van der Waals surface area (Å²) >= 11 is 0. The first kappa shape index (κ1) is 24.6. The molecule has 0 spiro atoms. The number of H-pyrrole nitrogens is 1. The minimum Gasteiger partial charge on any atom is -0.390 e. The fourth-order valence-corrected chi connectivity index (χ4v) is 6.26. The molecule has 2 heterocycles. The molecule has 0 saturated carbocycles. The molecule has 17 heteroatoms. The first-order valence-electron chi connectivity index (χ1n) is 9.98. The fourth-order valence-electron chi connectivity index (χ4n) is 3.59. The number of tetrazole rings is 1. The lowest BCUT2D eigenvalue weighted by Crippen LogP contribution is -2.36. The van der Waals surface area contributed by atoms with Crippen molar-refractivity contribution in [3.8, 4) is 22.5 Å². The Bertz CT molecular complexity index is 1620. The van der Waals surface area contributed by atoms with Crippen molar-refractivity contribution in [3.05, 3.63) is 30.3 Å². The number of nitrogens with two attached hydrogens (primary N) is 3. The van der Waals surface area contributed by atoms with Crippen LogP contribution in [-0.4, -0.2) is 71.3 Å². The number of rotatable bonds is 8. The number of fused-ring (bicyclic) bond motifs is 1. The molecule has 0 amide bonds. The predicted octanol–water partition coefficient (Wildman–Crippen LogP) is -1.75. The molecule has 35 heavy (non-hydrogen) atoms. The average molecular weight is 523 g/mol. The number of nitrogens with one attached hydrogen (secondary N) is 2. The van der Waals surface area contributed by atoms with Crippen LogP contribution in [0.5, 0.6) is 0 Å². The Morgan fingerprint density at radius 2 is 1.91 bits per heavy atom. The van der Waals surface area contributed by atoms with Gasteiger partial charge in [0.25, 0.3) is 0 Å². The molecule has 0 bridgehead atoms. The summed E-state index contributed by atoms with van der Waals surface area (Å²) in [7, 11) is -7.46. The highest BCUT2D eigenvalue weighted by Crippen LogP contribution is 2.40. The number of hydrogen-bond donors (Lipinski definition) is 6. The van der Waals surface area contributed by atoms with E-state index in [1.807, 2.05) is 0 Å². The van der Waals surface area contributed by atoms with Gasteiger partial charge in [0.2, 0.25) is 31.8 Å². The number of aliphatic hydroxyl groups is 1. The van der Waals surface area contributed by atoms with Crippen molar-refractivity contribution in [1.29, 1.82) is 0 Å². The van der Waals surface area contributed by atoms with E-state index >= 15 is 0 Å². The Morgan fingerprint density at radius 1 is 1.17 bits per heavy atom. The van der Waals surface area contributed by atoms with Crippen LogP contribution in [0, 0.1) is 0 Å². The van der Waals surface area contributed by atoms with Gasteiger partial charge in [-0.2, -0.15) is 5.21 Å². The average Bonchev–Trinajstić information content (AvgIpc) is 3.44. The van der Waals surface area contributed by atoms with Crippen LogP contribution in [0.15, 0.2) is 40.1 Å². The topological polar surface area (TPSA) is 251 Å². The number of benzene rings is 2. The van der Waals surface area contributed by atoms with Crippen LogP contribution in [0.3, 0.4) is 0 Å². The summed E-state index contributed by atoms with van der Waals surface area (Å²) in [6, 6.07) is 7.59. The number of aliphatic hydroxyl groups excluding tert-OH is 1. The van der Waals surface area contributed by atoms with E-state index in [0.29, 0.717) is 16.6 Å². The summed E-state index contributed by atoms with van der Waals surface area (Å²) in [6.07, 6.45) is -1.19. The maximum Gasteiger partial charge on any atom is 0.242 e. The molecule has 4 rings (SSSR count). The van der Waals surface area contributed by atoms with Gasteiger partial charge in [0, 0.05) is 25.7 Å². The van der Waals surface area contributed by atoms with Crippen molar-refractivity contribution in [1.82, 2.24) is 34.9 Å². The smallest absolute Gasteiger partial charge is 0.242 e. The van der Waals surface area contributed by atoms with Gasteiger partial charge in [-0.15, -0.1) is 10.2 Å². The molecule has 186 valence electrons. The van der Waals surface area contributed by atoms with Crippen molar-refractivity contribution in [2.45, 2.75) is 15.9 Å². The number of sulfonamides is 2. The van der Waals surface area contributed by atoms with Gasteiger partial charge < -0.3 is 21.1 Å². The van der Waals surface area contributed by atoms with Crippen molar-refractivity contribution in [2.75, 3.05) is 18.8 Å². The predicted molar refractivity (Wildman–Crippen MR) is 125 cm³/mol. The molecule has 0 aliphatic carbocycles. The quantitative estimate of drug-likeness (QED) is 0.151. The number of nitrogens with zero attached hydrogens (tertiary/aromatic N) is 5. The fraction of sp³-hybridized carbons (Fsp3) is 0.222. The van der Waals surface area contributed by atoms with Crippen LogP contribution >= 0.6 is 0 Å². The molecule has 1 unspecified atom stereocenters. The van der Waals surface area contributed by atoms with Gasteiger partial charge in [-0.05, 0) is 22.9 Å². The van der Waals surface area contributed by atoms with E-state index in [4.69, 9.17) is 16.6 Å². The summed E-state index contributed by atoms with van der Waals surface area (Å²) in [5.74, 6) is -0.00827. The Morgan fingerprint density at radius 3 is 2.54 bits per heavy atom. The number of anilines is 1. The van der Waals surface area contributed by atoms with Crippen LogP contribution < -0.4 is 21.3 Å². The third-order valence-electron chi connectivity index (χ3n) is 5.28. The highest BCUT2D eigenvalue weighted by atomic mass is 32.2. The molecule has 15 nitrogen and oxygen atoms in total. The molecule has 0 aliphatic heterocycles. The number of aromatic amines is 1. The lowest BCUT2D eigenvalue weighted by Gasteiger charge is -2.17. The maximum atomic E-state index is 13.1. The molecule has 2 aromatic carbocycles. The van der Waals surface area contributed by atoms with Crippen molar-refractivity contribution in [3.63, 3.8) is 0 Å². The van der Waals surface area contributed by atoms with Crippen LogP contribution in [0.2, 0.25) is 0 Å². The normalized spacial score (nSPS) is 13.4. The molecule has 2 aromatic heterocycles. The molecule has 9 N–H and O–H groups in total. The molecule has 0 aliphatic rings. The second kappa shape index (κ2) is 8.95. The Hall–Kier alpha value is -3.48. The Kier molecular flexibility index (Phi) is 6.30. The minimum absolute atomic E-state index is 0.208. The second-order valence-corrected chi connectivity index (χ2v) is 10.8. The van der Waals surface area contributed by atoms with Crippen LogP contribution in [0.25, 0.3) is 33.5 Å². The van der Waals surface area contributed by atoms with Crippen LogP contribution in [0.1, 0.15) is 0 Å². The first-order valence-corrected chi connectivity index (χ1v) is 13.0. The molecule has 0 radical (unpaired) electrons. The third-order valence-corrected chi connectivity index (χ3v) is 7.87. The van der Waals surface area contributed by atoms with Crippen LogP contribution in [-0.2, 0) is 27.1 Å². The maximum absolute atomic E-state index is 13.1. The molecule has 0 saturated heterocycles. The summed E-state index contributed by atoms with van der Waals surface area (Å²) in [5.41, 5.74) is 12.8. The van der Waals surface area contributed by atoms with E-state index in [1.54, 1.807) is 29.8 Å². The SMILES string of the molecule is Cn1c(N)nc2c(-c3ccc(S(=O)(=O)NCC(O)CN)c(S(N)(=O)=O)c3-c3nn[nH]n3)cccc21. The zero-order valence-electron chi connectivity index (χ0n) is 18.2. The van der Waals surface area contributed by atoms with E-state index in [-0.39, 0.29) is 29.4 Å². The van der Waals surface area contributed by atoms with Gasteiger partial charge in [0.1, 0.15) is 9.79 Å². The Balaban J connectivity index is 2.08. The van der Waals surface area contributed by atoms with Gasteiger partial charge in [-0.1, -0.05) is 18.2 Å². The number of aromatic nitrogens is 6. The van der Waals surface area contributed by atoms with E-state index in [9.17, 15) is 21.9 Å². The highest BCUT2D eigenvalue weighted by molar-refractivity contribution is 7.92. The molecular weight excluding hydrogens is 500 g/mol. The molecule has 1 atom stereocenters. The number of primary sulfonamides is 1. The largest absolute Gasteiger partial charge is 0.390 e. The highest BCUT2D eigenvalue weighted by Gasteiger charge is 2.32. The molecule has 0 fully saturated rings. The van der Waals surface area contributed by atoms with Gasteiger partial charge in [0.05, 0.1) is 22.7 Å². The lowest BCUT2D eigenvalue weighted by atomic mass is 9.98. The number of nitrogen functional groups attached to an aromatic ring is 1. The summed E-state index contributed by atoms with van der Waals surface area (Å²) in [5, 5.41) is 28.6. The van der Waals surface area contributed by atoms with E-state index < -0.39 is 42.5 Å². The van der Waals surface area contributed by atoms with Gasteiger partial charge in [0.15, 0.2) is 0 Å². The summed E-state index contributed by atoms with van der Waals surface area (Å²) in [6.45, 7) is -0.663. The third kappa shape index (κ3) is 4.47. The zero-order valence-corrected chi connectivity index (χ0v) is 19.9.